The summed E-state index contributed by atoms with van der Waals surface area (Å²) >= 11 is 0. The Balaban J connectivity index is 1.66. The number of hydrogen-bond acceptors (Lipinski definition) is 4. The van der Waals surface area contributed by atoms with Gasteiger partial charge >= 0.3 is 6.18 Å². The van der Waals surface area contributed by atoms with Crippen molar-refractivity contribution in [2.45, 2.75) is 26.4 Å². The van der Waals surface area contributed by atoms with E-state index >= 15 is 0 Å². The molecule has 142 valence electrons. The van der Waals surface area contributed by atoms with E-state index in [-0.39, 0.29) is 0 Å². The summed E-state index contributed by atoms with van der Waals surface area (Å²) in [6.45, 7) is 5.24. The molecule has 0 spiro atoms. The third-order valence-electron chi connectivity index (χ3n) is 4.40. The molecule has 2 aromatic heterocycles. The molecular weight excluding hydrogens is 353 g/mol. The first kappa shape index (κ1) is 18.9. The van der Waals surface area contributed by atoms with Crippen LogP contribution in [-0.2, 0) is 12.6 Å². The number of para-hydroxylation sites is 1. The van der Waals surface area contributed by atoms with Gasteiger partial charge in [0, 0.05) is 36.1 Å². The smallest absolute Gasteiger partial charge is 0.382 e. The largest absolute Gasteiger partial charge is 0.417 e. The molecule has 0 aliphatic heterocycles. The van der Waals surface area contributed by atoms with E-state index in [1.807, 2.05) is 31.2 Å². The predicted molar refractivity (Wildman–Crippen MR) is 102 cm³/mol. The Hall–Kier alpha value is -2.83. The summed E-state index contributed by atoms with van der Waals surface area (Å²) in [7, 11) is 0. The Morgan fingerprint density at radius 2 is 1.74 bits per heavy atom. The lowest BCUT2D eigenvalue weighted by Gasteiger charge is -2.16. The summed E-state index contributed by atoms with van der Waals surface area (Å²) in [6.07, 6.45) is -2.69. The van der Waals surface area contributed by atoms with Gasteiger partial charge in [0.05, 0.1) is 11.1 Å². The Morgan fingerprint density at radius 3 is 2.41 bits per heavy atom. The van der Waals surface area contributed by atoms with Gasteiger partial charge in [-0.2, -0.15) is 13.2 Å². The first-order valence-electron chi connectivity index (χ1n) is 8.79. The molecule has 1 aromatic carbocycles. The summed E-state index contributed by atoms with van der Waals surface area (Å²) in [5, 5.41) is 7.51. The van der Waals surface area contributed by atoms with Gasteiger partial charge in [0.1, 0.15) is 5.82 Å². The van der Waals surface area contributed by atoms with Crippen molar-refractivity contribution in [3.05, 3.63) is 59.4 Å². The predicted octanol–water partition coefficient (Wildman–Crippen LogP) is 5.04. The molecule has 4 nitrogen and oxygen atoms in total. The molecule has 7 heteroatoms. The molecule has 2 N–H and O–H groups in total. The van der Waals surface area contributed by atoms with Crippen LogP contribution in [0.5, 0.6) is 0 Å². The van der Waals surface area contributed by atoms with E-state index in [4.69, 9.17) is 4.98 Å². The first-order valence-corrected chi connectivity index (χ1v) is 8.79. The maximum atomic E-state index is 12.6. The number of alkyl halides is 3. The third kappa shape index (κ3) is 4.30. The summed E-state index contributed by atoms with van der Waals surface area (Å²) < 4.78 is 37.7. The van der Waals surface area contributed by atoms with Crippen LogP contribution in [0.25, 0.3) is 10.9 Å². The number of anilines is 2. The van der Waals surface area contributed by atoms with Crippen molar-refractivity contribution in [2.24, 2.45) is 0 Å². The number of nitrogens with zero attached hydrogens (tertiary/aromatic N) is 2. The van der Waals surface area contributed by atoms with Crippen LogP contribution in [0.2, 0.25) is 0 Å². The Morgan fingerprint density at radius 1 is 1.00 bits per heavy atom. The number of aryl methyl sites for hydroxylation is 1. The number of pyridine rings is 2. The zero-order valence-corrected chi connectivity index (χ0v) is 15.2. The van der Waals surface area contributed by atoms with E-state index in [2.05, 4.69) is 22.5 Å². The van der Waals surface area contributed by atoms with Crippen LogP contribution in [0.4, 0.5) is 24.7 Å². The van der Waals surface area contributed by atoms with Crippen molar-refractivity contribution in [3.63, 3.8) is 0 Å². The number of halogens is 3. The number of rotatable bonds is 6. The molecule has 2 heterocycles. The van der Waals surface area contributed by atoms with Crippen LogP contribution in [0, 0.1) is 6.92 Å². The molecule has 0 atom stereocenters. The van der Waals surface area contributed by atoms with Crippen molar-refractivity contribution in [3.8, 4) is 0 Å². The quantitative estimate of drug-likeness (QED) is 0.593. The molecule has 0 bridgehead atoms. The van der Waals surface area contributed by atoms with E-state index in [1.54, 1.807) is 0 Å². The highest BCUT2D eigenvalue weighted by Crippen LogP contribution is 2.29. The molecule has 0 radical (unpaired) electrons. The molecule has 0 amide bonds. The second-order valence-corrected chi connectivity index (χ2v) is 6.21. The Kier molecular flexibility index (Phi) is 5.48. The molecule has 0 saturated heterocycles. The highest BCUT2D eigenvalue weighted by molar-refractivity contribution is 5.93. The van der Waals surface area contributed by atoms with Gasteiger partial charge < -0.3 is 10.6 Å². The minimum Gasteiger partial charge on any atom is -0.382 e. The molecule has 0 fully saturated rings. The molecule has 0 aliphatic carbocycles. The van der Waals surface area contributed by atoms with Crippen LogP contribution in [0.1, 0.15) is 23.7 Å². The summed E-state index contributed by atoms with van der Waals surface area (Å²) in [4.78, 5) is 8.52. The van der Waals surface area contributed by atoms with E-state index in [0.29, 0.717) is 18.9 Å². The van der Waals surface area contributed by atoms with Crippen molar-refractivity contribution in [2.75, 3.05) is 23.7 Å². The van der Waals surface area contributed by atoms with Gasteiger partial charge in [-0.25, -0.2) is 4.98 Å². The van der Waals surface area contributed by atoms with Gasteiger partial charge in [0.15, 0.2) is 0 Å². The lowest BCUT2D eigenvalue weighted by Crippen LogP contribution is -2.16. The monoisotopic (exact) mass is 374 g/mol. The number of fused-ring (bicyclic) bond motifs is 1. The standard InChI is InChI=1S/C20H21F3N4/c1-3-16-13(2)19(15-6-4-5-7-17(15)27-16)25-11-10-24-18-9-8-14(12-26-18)20(21,22)23/h4-9,12H,3,10-11H2,1-2H3,(H,24,26)(H,25,27). The maximum absolute atomic E-state index is 12.6. The molecule has 0 unspecified atom stereocenters. The van der Waals surface area contributed by atoms with Gasteiger partial charge in [-0.3, -0.25) is 4.98 Å². The Bertz CT molecular complexity index is 921. The minimum atomic E-state index is -4.37. The molecule has 27 heavy (non-hydrogen) atoms. The number of aromatic nitrogens is 2. The molecule has 0 saturated carbocycles. The third-order valence-corrected chi connectivity index (χ3v) is 4.40. The average Bonchev–Trinajstić information content (AvgIpc) is 2.66. The number of hydrogen-bond donors (Lipinski definition) is 2. The Labute approximate surface area is 155 Å². The van der Waals surface area contributed by atoms with Gasteiger partial charge in [0.25, 0.3) is 0 Å². The average molecular weight is 374 g/mol. The summed E-state index contributed by atoms with van der Waals surface area (Å²) in [5.74, 6) is 0.412. The molecule has 0 aliphatic rings. The zero-order chi connectivity index (χ0) is 19.4. The van der Waals surface area contributed by atoms with Crippen LogP contribution in [0.15, 0.2) is 42.6 Å². The van der Waals surface area contributed by atoms with Crippen molar-refractivity contribution < 1.29 is 13.2 Å². The van der Waals surface area contributed by atoms with Gasteiger partial charge in [-0.15, -0.1) is 0 Å². The van der Waals surface area contributed by atoms with E-state index < -0.39 is 11.7 Å². The first-order chi connectivity index (χ1) is 12.9. The van der Waals surface area contributed by atoms with Gasteiger partial charge in [0.2, 0.25) is 0 Å². The van der Waals surface area contributed by atoms with Crippen LogP contribution < -0.4 is 10.6 Å². The SMILES string of the molecule is CCc1nc2ccccc2c(NCCNc2ccc(C(F)(F)F)cn2)c1C. The molecule has 3 aromatic rings. The van der Waals surface area contributed by atoms with Crippen molar-refractivity contribution in [1.82, 2.24) is 9.97 Å². The van der Waals surface area contributed by atoms with E-state index in [1.165, 1.54) is 6.07 Å². The minimum absolute atomic E-state index is 0.412. The second-order valence-electron chi connectivity index (χ2n) is 6.21. The number of benzene rings is 1. The zero-order valence-electron chi connectivity index (χ0n) is 15.2. The maximum Gasteiger partial charge on any atom is 0.417 e. The fourth-order valence-electron chi connectivity index (χ4n) is 2.97. The second kappa shape index (κ2) is 7.82. The summed E-state index contributed by atoms with van der Waals surface area (Å²) in [5.41, 5.74) is 3.40. The lowest BCUT2D eigenvalue weighted by atomic mass is 10.1. The van der Waals surface area contributed by atoms with Gasteiger partial charge in [-0.1, -0.05) is 25.1 Å². The lowest BCUT2D eigenvalue weighted by molar-refractivity contribution is -0.137. The normalized spacial score (nSPS) is 11.6. The topological polar surface area (TPSA) is 49.8 Å². The molecular formula is C20H21F3N4. The molecule has 3 rings (SSSR count). The highest BCUT2D eigenvalue weighted by atomic mass is 19.4. The van der Waals surface area contributed by atoms with Crippen molar-refractivity contribution in [1.29, 1.82) is 0 Å². The fourth-order valence-corrected chi connectivity index (χ4v) is 2.97. The van der Waals surface area contributed by atoms with E-state index in [0.717, 1.165) is 46.5 Å². The van der Waals surface area contributed by atoms with Crippen LogP contribution in [0.3, 0.4) is 0 Å². The highest BCUT2D eigenvalue weighted by Gasteiger charge is 2.30. The van der Waals surface area contributed by atoms with Crippen molar-refractivity contribution >= 4 is 22.4 Å². The van der Waals surface area contributed by atoms with E-state index in [9.17, 15) is 13.2 Å². The summed E-state index contributed by atoms with van der Waals surface area (Å²) in [6, 6.07) is 10.3. The van der Waals surface area contributed by atoms with Crippen LogP contribution in [-0.4, -0.2) is 23.1 Å². The van der Waals surface area contributed by atoms with Gasteiger partial charge in [-0.05, 0) is 37.1 Å². The number of nitrogens with one attached hydrogen (secondary N) is 2. The van der Waals surface area contributed by atoms with Crippen LogP contribution >= 0.6 is 0 Å². The fraction of sp³-hybridized carbons (Fsp3) is 0.300.